The Balaban J connectivity index is 4.89. The minimum absolute atomic E-state index is 0.766. The van der Waals surface area contributed by atoms with Gasteiger partial charge in [-0.2, -0.15) is 0 Å². The second-order valence-electron chi connectivity index (χ2n) is 5.61. The molecule has 2 unspecified atom stereocenters. The van der Waals surface area contributed by atoms with Crippen LogP contribution in [0.5, 0.6) is 0 Å². The van der Waals surface area contributed by atoms with Gasteiger partial charge in [0.1, 0.15) is 0 Å². The summed E-state index contributed by atoms with van der Waals surface area (Å²) in [7, 11) is 2.03. The van der Waals surface area contributed by atoms with Crippen molar-refractivity contribution in [1.29, 1.82) is 0 Å². The molecule has 0 heterocycles. The first-order chi connectivity index (χ1) is 7.99. The predicted molar refractivity (Wildman–Crippen MR) is 79.3 cm³/mol. The average molecular weight is 239 g/mol. The van der Waals surface area contributed by atoms with Crippen LogP contribution < -0.4 is 5.32 Å². The number of nitrogens with one attached hydrogen (secondary N) is 1. The highest BCUT2D eigenvalue weighted by atomic mass is 14.8. The predicted octanol–water partition coefficient (Wildman–Crippen LogP) is 4.64. The number of hydrogen-bond donors (Lipinski definition) is 1. The molecule has 0 saturated carbocycles. The summed E-state index contributed by atoms with van der Waals surface area (Å²) in [5.41, 5.74) is 3.23. The fraction of sp³-hybridized carbons (Fsp3) is 0.875. The summed E-state index contributed by atoms with van der Waals surface area (Å²) in [6.07, 6.45) is 3.75. The summed E-state index contributed by atoms with van der Waals surface area (Å²) in [5.74, 6) is 2.37. The molecule has 17 heavy (non-hydrogen) atoms. The molecule has 0 aliphatic carbocycles. The molecule has 1 nitrogen and oxygen atoms in total. The van der Waals surface area contributed by atoms with E-state index in [1.54, 1.807) is 11.1 Å². The summed E-state index contributed by atoms with van der Waals surface area (Å²) in [4.78, 5) is 0. The van der Waals surface area contributed by atoms with E-state index in [9.17, 15) is 0 Å². The van der Waals surface area contributed by atoms with E-state index >= 15 is 0 Å². The topological polar surface area (TPSA) is 12.0 Å². The third-order valence-electron chi connectivity index (χ3n) is 4.44. The van der Waals surface area contributed by atoms with Crippen molar-refractivity contribution in [3.8, 4) is 0 Å². The molecule has 1 N–H and O–H groups in total. The van der Waals surface area contributed by atoms with Gasteiger partial charge in [0.15, 0.2) is 0 Å². The van der Waals surface area contributed by atoms with Crippen LogP contribution >= 0.6 is 0 Å². The molecule has 0 rings (SSSR count). The summed E-state index contributed by atoms with van der Waals surface area (Å²) in [6, 6.07) is 0. The first-order valence-corrected chi connectivity index (χ1v) is 7.30. The molecule has 0 aliphatic heterocycles. The summed E-state index contributed by atoms with van der Waals surface area (Å²) in [5, 5.41) is 3.24. The van der Waals surface area contributed by atoms with E-state index in [1.165, 1.54) is 19.3 Å². The van der Waals surface area contributed by atoms with Crippen molar-refractivity contribution in [2.45, 2.75) is 60.8 Å². The molecule has 0 aliphatic rings. The Kier molecular flexibility index (Phi) is 8.59. The van der Waals surface area contributed by atoms with Crippen molar-refractivity contribution in [1.82, 2.24) is 5.32 Å². The van der Waals surface area contributed by atoms with Gasteiger partial charge < -0.3 is 5.32 Å². The third-order valence-corrected chi connectivity index (χ3v) is 4.44. The molecule has 0 saturated heterocycles. The van der Waals surface area contributed by atoms with Crippen LogP contribution in [-0.2, 0) is 0 Å². The Morgan fingerprint density at radius 3 is 1.82 bits per heavy atom. The van der Waals surface area contributed by atoms with Crippen molar-refractivity contribution >= 4 is 0 Å². The molecule has 0 radical (unpaired) electrons. The molecular formula is C16H33N. The van der Waals surface area contributed by atoms with E-state index in [-0.39, 0.29) is 0 Å². The lowest BCUT2D eigenvalue weighted by atomic mass is 9.75. The van der Waals surface area contributed by atoms with Crippen molar-refractivity contribution in [3.63, 3.8) is 0 Å². The average Bonchev–Trinajstić information content (AvgIpc) is 2.35. The van der Waals surface area contributed by atoms with Crippen LogP contribution in [0.25, 0.3) is 0 Å². The maximum Gasteiger partial charge on any atom is -0.00146 e. The Bertz CT molecular complexity index is 220. The minimum Gasteiger partial charge on any atom is -0.319 e. The van der Waals surface area contributed by atoms with Gasteiger partial charge in [0.2, 0.25) is 0 Å². The molecule has 1 heteroatoms. The standard InChI is InChI=1S/C16H33N/c1-8-12(3)16(13(4)9-2)15(6)14(5)10-11-17-7/h12-13,16-17H,8-11H2,1-7H3/b15-14-. The van der Waals surface area contributed by atoms with Gasteiger partial charge in [-0.05, 0) is 51.6 Å². The van der Waals surface area contributed by atoms with Gasteiger partial charge in [0.05, 0.1) is 0 Å². The highest BCUT2D eigenvalue weighted by Crippen LogP contribution is 2.34. The van der Waals surface area contributed by atoms with E-state index < -0.39 is 0 Å². The lowest BCUT2D eigenvalue weighted by Crippen LogP contribution is -2.22. The molecule has 102 valence electrons. The highest BCUT2D eigenvalue weighted by molar-refractivity contribution is 5.15. The Morgan fingerprint density at radius 1 is 1.00 bits per heavy atom. The van der Waals surface area contributed by atoms with Crippen LogP contribution in [0.15, 0.2) is 11.1 Å². The Labute approximate surface area is 109 Å². The summed E-state index contributed by atoms with van der Waals surface area (Å²) < 4.78 is 0. The smallest absolute Gasteiger partial charge is 0.00146 e. The SMILES string of the molecule is CCC(C)C(/C(C)=C(/C)CCNC)C(C)CC. The second kappa shape index (κ2) is 8.74. The lowest BCUT2D eigenvalue weighted by molar-refractivity contribution is 0.283. The van der Waals surface area contributed by atoms with E-state index in [0.717, 1.165) is 24.3 Å². The normalized spacial score (nSPS) is 18.5. The molecule has 0 aromatic heterocycles. The lowest BCUT2D eigenvalue weighted by Gasteiger charge is -2.31. The van der Waals surface area contributed by atoms with Crippen LogP contribution in [-0.4, -0.2) is 13.6 Å². The fourth-order valence-corrected chi connectivity index (χ4v) is 2.72. The molecule has 0 spiro atoms. The van der Waals surface area contributed by atoms with Gasteiger partial charge in [0.25, 0.3) is 0 Å². The third kappa shape index (κ3) is 5.25. The van der Waals surface area contributed by atoms with E-state index in [2.05, 4.69) is 46.9 Å². The maximum absolute atomic E-state index is 3.24. The van der Waals surface area contributed by atoms with Crippen LogP contribution in [0.2, 0.25) is 0 Å². The zero-order chi connectivity index (χ0) is 13.4. The molecular weight excluding hydrogens is 206 g/mol. The number of allylic oxidation sites excluding steroid dienone is 1. The monoisotopic (exact) mass is 239 g/mol. The van der Waals surface area contributed by atoms with Crippen LogP contribution in [0.1, 0.15) is 60.8 Å². The van der Waals surface area contributed by atoms with Gasteiger partial charge >= 0.3 is 0 Å². The Morgan fingerprint density at radius 2 is 1.47 bits per heavy atom. The maximum atomic E-state index is 3.24. The van der Waals surface area contributed by atoms with E-state index in [1.807, 2.05) is 7.05 Å². The first kappa shape index (κ1) is 16.7. The molecule has 0 aromatic rings. The van der Waals surface area contributed by atoms with E-state index in [0.29, 0.717) is 0 Å². The molecule has 2 atom stereocenters. The van der Waals surface area contributed by atoms with Crippen LogP contribution in [0.3, 0.4) is 0 Å². The number of rotatable bonds is 8. The zero-order valence-electron chi connectivity index (χ0n) is 13.1. The first-order valence-electron chi connectivity index (χ1n) is 7.30. The molecule has 0 bridgehead atoms. The van der Waals surface area contributed by atoms with Gasteiger partial charge in [-0.15, -0.1) is 0 Å². The molecule has 0 amide bonds. The Hall–Kier alpha value is -0.300. The van der Waals surface area contributed by atoms with Crippen molar-refractivity contribution < 1.29 is 0 Å². The fourth-order valence-electron chi connectivity index (χ4n) is 2.72. The van der Waals surface area contributed by atoms with Gasteiger partial charge in [0, 0.05) is 0 Å². The largest absolute Gasteiger partial charge is 0.319 e. The summed E-state index contributed by atoms with van der Waals surface area (Å²) >= 11 is 0. The van der Waals surface area contributed by atoms with E-state index in [4.69, 9.17) is 0 Å². The van der Waals surface area contributed by atoms with Crippen molar-refractivity contribution in [3.05, 3.63) is 11.1 Å². The van der Waals surface area contributed by atoms with Gasteiger partial charge in [-0.1, -0.05) is 51.7 Å². The number of hydrogen-bond acceptors (Lipinski definition) is 1. The van der Waals surface area contributed by atoms with Crippen LogP contribution in [0, 0.1) is 17.8 Å². The minimum atomic E-state index is 0.766. The highest BCUT2D eigenvalue weighted by Gasteiger charge is 2.23. The second-order valence-corrected chi connectivity index (χ2v) is 5.61. The van der Waals surface area contributed by atoms with Crippen LogP contribution in [0.4, 0.5) is 0 Å². The van der Waals surface area contributed by atoms with Crippen molar-refractivity contribution in [2.24, 2.45) is 17.8 Å². The molecule has 0 fully saturated rings. The van der Waals surface area contributed by atoms with Gasteiger partial charge in [-0.25, -0.2) is 0 Å². The van der Waals surface area contributed by atoms with Gasteiger partial charge in [-0.3, -0.25) is 0 Å². The zero-order valence-corrected chi connectivity index (χ0v) is 13.1. The summed E-state index contributed by atoms with van der Waals surface area (Å²) in [6.45, 7) is 15.2. The van der Waals surface area contributed by atoms with Crippen molar-refractivity contribution in [2.75, 3.05) is 13.6 Å². The molecule has 0 aromatic carbocycles. The quantitative estimate of drug-likeness (QED) is 0.608.